The predicted octanol–water partition coefficient (Wildman–Crippen LogP) is 3.05. The topological polar surface area (TPSA) is 52.1 Å². The SMILES string of the molecule is COC(=O)C(c1nccc(C2CCCC2)n1)C(C)C. The van der Waals surface area contributed by atoms with E-state index in [9.17, 15) is 4.79 Å². The lowest BCUT2D eigenvalue weighted by Crippen LogP contribution is -2.22. The molecule has 1 unspecified atom stereocenters. The van der Waals surface area contributed by atoms with E-state index in [2.05, 4.69) is 9.97 Å². The Hall–Kier alpha value is -1.45. The highest BCUT2D eigenvalue weighted by atomic mass is 16.5. The van der Waals surface area contributed by atoms with Gasteiger partial charge >= 0.3 is 5.97 Å². The van der Waals surface area contributed by atoms with Gasteiger partial charge in [-0.1, -0.05) is 26.7 Å². The molecule has 4 nitrogen and oxygen atoms in total. The third-order valence-electron chi connectivity index (χ3n) is 3.87. The molecule has 1 aliphatic rings. The molecule has 1 aromatic rings. The molecule has 0 radical (unpaired) electrons. The van der Waals surface area contributed by atoms with Gasteiger partial charge in [0.25, 0.3) is 0 Å². The normalized spacial score (nSPS) is 17.7. The van der Waals surface area contributed by atoms with Gasteiger partial charge in [-0.2, -0.15) is 0 Å². The lowest BCUT2D eigenvalue weighted by atomic mass is 9.94. The summed E-state index contributed by atoms with van der Waals surface area (Å²) in [6, 6.07) is 1.98. The molecule has 19 heavy (non-hydrogen) atoms. The van der Waals surface area contributed by atoms with Gasteiger partial charge in [0.1, 0.15) is 11.7 Å². The number of hydrogen-bond acceptors (Lipinski definition) is 4. The number of carbonyl (C=O) groups is 1. The second-order valence-corrected chi connectivity index (χ2v) is 5.57. The van der Waals surface area contributed by atoms with Crippen molar-refractivity contribution in [3.05, 3.63) is 23.8 Å². The molecule has 104 valence electrons. The van der Waals surface area contributed by atoms with Gasteiger partial charge in [0.2, 0.25) is 0 Å². The van der Waals surface area contributed by atoms with E-state index in [1.54, 1.807) is 6.20 Å². The Morgan fingerprint density at radius 3 is 2.63 bits per heavy atom. The minimum atomic E-state index is -0.369. The Kier molecular flexibility index (Phi) is 4.51. The first-order valence-electron chi connectivity index (χ1n) is 7.04. The van der Waals surface area contributed by atoms with Gasteiger partial charge in [0.05, 0.1) is 7.11 Å². The van der Waals surface area contributed by atoms with Crippen molar-refractivity contribution in [2.75, 3.05) is 7.11 Å². The standard InChI is InChI=1S/C15H22N2O2/c1-10(2)13(15(18)19-3)14-16-9-8-12(17-14)11-6-4-5-7-11/h8-11,13H,4-7H2,1-3H3. The van der Waals surface area contributed by atoms with E-state index in [1.165, 1.54) is 32.8 Å². The Balaban J connectivity index is 2.27. The van der Waals surface area contributed by atoms with E-state index in [0.29, 0.717) is 11.7 Å². The third kappa shape index (κ3) is 3.11. The van der Waals surface area contributed by atoms with Crippen LogP contribution in [0.5, 0.6) is 0 Å². The summed E-state index contributed by atoms with van der Waals surface area (Å²) in [5.41, 5.74) is 1.08. The minimum Gasteiger partial charge on any atom is -0.468 e. The van der Waals surface area contributed by atoms with Crippen molar-refractivity contribution >= 4 is 5.97 Å². The van der Waals surface area contributed by atoms with Gasteiger partial charge in [-0.05, 0) is 24.8 Å². The van der Waals surface area contributed by atoms with Crippen LogP contribution in [-0.4, -0.2) is 23.0 Å². The van der Waals surface area contributed by atoms with Crippen LogP contribution >= 0.6 is 0 Å². The Morgan fingerprint density at radius 2 is 2.05 bits per heavy atom. The van der Waals surface area contributed by atoms with Gasteiger partial charge < -0.3 is 4.74 Å². The van der Waals surface area contributed by atoms with Gasteiger partial charge in [-0.25, -0.2) is 9.97 Å². The summed E-state index contributed by atoms with van der Waals surface area (Å²) >= 11 is 0. The smallest absolute Gasteiger partial charge is 0.316 e. The van der Waals surface area contributed by atoms with Crippen LogP contribution in [0.15, 0.2) is 12.3 Å². The lowest BCUT2D eigenvalue weighted by Gasteiger charge is -2.18. The number of rotatable bonds is 4. The molecule has 0 aromatic carbocycles. The van der Waals surface area contributed by atoms with Crippen LogP contribution in [0.3, 0.4) is 0 Å². The molecule has 0 bridgehead atoms. The van der Waals surface area contributed by atoms with Crippen LogP contribution in [0.1, 0.15) is 62.9 Å². The first-order valence-corrected chi connectivity index (χ1v) is 7.04. The molecule has 0 amide bonds. The van der Waals surface area contributed by atoms with Crippen LogP contribution in [0.2, 0.25) is 0 Å². The highest BCUT2D eigenvalue weighted by Crippen LogP contribution is 2.33. The zero-order valence-electron chi connectivity index (χ0n) is 11.9. The Labute approximate surface area is 114 Å². The molecule has 2 rings (SSSR count). The van der Waals surface area contributed by atoms with Crippen molar-refractivity contribution in [1.29, 1.82) is 0 Å². The Morgan fingerprint density at radius 1 is 1.37 bits per heavy atom. The second kappa shape index (κ2) is 6.13. The van der Waals surface area contributed by atoms with Crippen molar-refractivity contribution in [3.63, 3.8) is 0 Å². The Bertz CT molecular complexity index is 440. The zero-order chi connectivity index (χ0) is 13.8. The molecule has 1 saturated carbocycles. The molecule has 0 N–H and O–H groups in total. The van der Waals surface area contributed by atoms with Gasteiger partial charge in [0.15, 0.2) is 0 Å². The van der Waals surface area contributed by atoms with Crippen molar-refractivity contribution in [2.24, 2.45) is 5.92 Å². The summed E-state index contributed by atoms with van der Waals surface area (Å²) in [5, 5.41) is 0. The molecule has 1 aliphatic carbocycles. The van der Waals surface area contributed by atoms with Crippen molar-refractivity contribution < 1.29 is 9.53 Å². The van der Waals surface area contributed by atoms with E-state index in [0.717, 1.165) is 5.69 Å². The molecule has 1 heterocycles. The molecular weight excluding hydrogens is 240 g/mol. The predicted molar refractivity (Wildman–Crippen MR) is 72.8 cm³/mol. The maximum Gasteiger partial charge on any atom is 0.316 e. The number of carbonyl (C=O) groups excluding carboxylic acids is 1. The van der Waals surface area contributed by atoms with Gasteiger partial charge in [-0.3, -0.25) is 4.79 Å². The van der Waals surface area contributed by atoms with Crippen molar-refractivity contribution in [3.8, 4) is 0 Å². The molecule has 4 heteroatoms. The van der Waals surface area contributed by atoms with E-state index in [-0.39, 0.29) is 17.8 Å². The number of hydrogen-bond donors (Lipinski definition) is 0. The molecule has 1 atom stereocenters. The monoisotopic (exact) mass is 262 g/mol. The van der Waals surface area contributed by atoms with E-state index >= 15 is 0 Å². The second-order valence-electron chi connectivity index (χ2n) is 5.57. The number of esters is 1. The molecule has 0 spiro atoms. The van der Waals surface area contributed by atoms with Crippen LogP contribution in [0, 0.1) is 5.92 Å². The average molecular weight is 262 g/mol. The fourth-order valence-electron chi connectivity index (χ4n) is 2.79. The van der Waals surface area contributed by atoms with Gasteiger partial charge in [-0.15, -0.1) is 0 Å². The van der Waals surface area contributed by atoms with Crippen LogP contribution in [-0.2, 0) is 9.53 Å². The average Bonchev–Trinajstić information content (AvgIpc) is 2.92. The molecule has 0 saturated heterocycles. The largest absolute Gasteiger partial charge is 0.468 e. The fraction of sp³-hybridized carbons (Fsp3) is 0.667. The van der Waals surface area contributed by atoms with Crippen molar-refractivity contribution in [2.45, 2.75) is 51.4 Å². The summed E-state index contributed by atoms with van der Waals surface area (Å²) in [6.07, 6.45) is 6.71. The third-order valence-corrected chi connectivity index (χ3v) is 3.87. The van der Waals surface area contributed by atoms with E-state index in [1.807, 2.05) is 19.9 Å². The zero-order valence-corrected chi connectivity index (χ0v) is 11.9. The summed E-state index contributed by atoms with van der Waals surface area (Å²) in [7, 11) is 1.42. The summed E-state index contributed by atoms with van der Waals surface area (Å²) in [6.45, 7) is 3.99. The first kappa shape index (κ1) is 14.0. The van der Waals surface area contributed by atoms with Crippen molar-refractivity contribution in [1.82, 2.24) is 9.97 Å². The lowest BCUT2D eigenvalue weighted by molar-refractivity contribution is -0.143. The summed E-state index contributed by atoms with van der Waals surface area (Å²) < 4.78 is 4.87. The van der Waals surface area contributed by atoms with Crippen LogP contribution in [0.4, 0.5) is 0 Å². The van der Waals surface area contributed by atoms with Gasteiger partial charge in [0, 0.05) is 17.8 Å². The molecule has 1 aromatic heterocycles. The molecule has 1 fully saturated rings. The number of aromatic nitrogens is 2. The van der Waals surface area contributed by atoms with Crippen LogP contribution in [0.25, 0.3) is 0 Å². The fourth-order valence-corrected chi connectivity index (χ4v) is 2.79. The van der Waals surface area contributed by atoms with E-state index in [4.69, 9.17) is 4.74 Å². The highest BCUT2D eigenvalue weighted by molar-refractivity contribution is 5.77. The minimum absolute atomic E-state index is 0.131. The highest BCUT2D eigenvalue weighted by Gasteiger charge is 2.29. The molecule has 0 aliphatic heterocycles. The maximum atomic E-state index is 11.9. The maximum absolute atomic E-state index is 11.9. The number of nitrogens with zero attached hydrogens (tertiary/aromatic N) is 2. The summed E-state index contributed by atoms with van der Waals surface area (Å²) in [4.78, 5) is 20.8. The first-order chi connectivity index (χ1) is 9.13. The number of ether oxygens (including phenoxy) is 1. The molecular formula is C15H22N2O2. The summed E-state index contributed by atoms with van der Waals surface area (Å²) in [5.74, 6) is 0.648. The van der Waals surface area contributed by atoms with E-state index < -0.39 is 0 Å². The quantitative estimate of drug-likeness (QED) is 0.783. The van der Waals surface area contributed by atoms with Crippen LogP contribution < -0.4 is 0 Å². The number of methoxy groups -OCH3 is 1.